The van der Waals surface area contributed by atoms with Crippen LogP contribution in [0.4, 0.5) is 0 Å². The number of carboxylic acid groups (broad SMARTS) is 1. The van der Waals surface area contributed by atoms with Crippen molar-refractivity contribution in [1.29, 1.82) is 0 Å². The second kappa shape index (κ2) is 7.03. The molecule has 0 saturated heterocycles. The van der Waals surface area contributed by atoms with E-state index in [0.717, 1.165) is 0 Å². The number of aliphatic imine (C=N–C) groups is 1. The Labute approximate surface area is 127 Å². The van der Waals surface area contributed by atoms with Crippen molar-refractivity contribution in [3.8, 4) is 0 Å². The van der Waals surface area contributed by atoms with Gasteiger partial charge in [-0.1, -0.05) is 12.7 Å². The summed E-state index contributed by atoms with van der Waals surface area (Å²) in [6, 6.07) is 0. The summed E-state index contributed by atoms with van der Waals surface area (Å²) in [5, 5.41) is 14.5. The van der Waals surface area contributed by atoms with Crippen LogP contribution in [0.3, 0.4) is 0 Å². The Hall–Kier alpha value is -2.15. The maximum atomic E-state index is 11.7. The standard InChI is InChI=1S/C13H17ClN4O3/c1-5-9-11(8(3)19)16-18(7-10(20)21)12(9)17(4)13(14)15-6-2/h5-6,9,12H,1-2,7H2,3-4H3,(H,20,21)/b15-13-. The van der Waals surface area contributed by atoms with Gasteiger partial charge in [-0.2, -0.15) is 5.10 Å². The van der Waals surface area contributed by atoms with Gasteiger partial charge < -0.3 is 10.0 Å². The Morgan fingerprint density at radius 2 is 2.19 bits per heavy atom. The van der Waals surface area contributed by atoms with Crippen LogP contribution in [0.2, 0.25) is 0 Å². The van der Waals surface area contributed by atoms with Crippen LogP contribution in [0.25, 0.3) is 0 Å². The van der Waals surface area contributed by atoms with Crippen LogP contribution in [0.1, 0.15) is 6.92 Å². The predicted molar refractivity (Wildman–Crippen MR) is 81.2 cm³/mol. The van der Waals surface area contributed by atoms with Crippen LogP contribution in [0.5, 0.6) is 0 Å². The van der Waals surface area contributed by atoms with Crippen molar-refractivity contribution >= 4 is 34.4 Å². The molecule has 2 unspecified atom stereocenters. The minimum Gasteiger partial charge on any atom is -0.480 e. The fourth-order valence-electron chi connectivity index (χ4n) is 2.11. The van der Waals surface area contributed by atoms with Crippen LogP contribution < -0.4 is 0 Å². The molecule has 1 N–H and O–H groups in total. The number of halogens is 1. The molecule has 0 aromatic carbocycles. The van der Waals surface area contributed by atoms with E-state index in [4.69, 9.17) is 16.7 Å². The number of carboxylic acids is 1. The maximum Gasteiger partial charge on any atom is 0.324 e. The van der Waals surface area contributed by atoms with E-state index in [1.165, 1.54) is 23.0 Å². The molecule has 8 heteroatoms. The quantitative estimate of drug-likeness (QED) is 0.344. The summed E-state index contributed by atoms with van der Waals surface area (Å²) in [7, 11) is 1.63. The van der Waals surface area contributed by atoms with Gasteiger partial charge in [0.25, 0.3) is 0 Å². The Balaban J connectivity index is 3.20. The van der Waals surface area contributed by atoms with E-state index in [1.807, 2.05) is 0 Å². The van der Waals surface area contributed by atoms with Crippen LogP contribution in [0, 0.1) is 5.92 Å². The Morgan fingerprint density at radius 1 is 1.57 bits per heavy atom. The second-order valence-corrected chi connectivity index (χ2v) is 4.74. The van der Waals surface area contributed by atoms with Crippen molar-refractivity contribution in [2.24, 2.45) is 16.0 Å². The fourth-order valence-corrected chi connectivity index (χ4v) is 2.28. The zero-order valence-electron chi connectivity index (χ0n) is 11.9. The first-order chi connectivity index (χ1) is 9.83. The van der Waals surface area contributed by atoms with Crippen molar-refractivity contribution in [2.75, 3.05) is 13.6 Å². The monoisotopic (exact) mass is 312 g/mol. The van der Waals surface area contributed by atoms with Crippen LogP contribution in [-0.4, -0.2) is 57.5 Å². The topological polar surface area (TPSA) is 85.6 Å². The molecule has 0 fully saturated rings. The smallest absolute Gasteiger partial charge is 0.324 e. The molecule has 7 nitrogen and oxygen atoms in total. The van der Waals surface area contributed by atoms with Gasteiger partial charge in [0.1, 0.15) is 18.4 Å². The number of Topliss-reactive ketones (excluding diaryl/α,β-unsaturated/α-hetero) is 1. The molecule has 1 rings (SSSR count). The fraction of sp³-hybridized carbons (Fsp3) is 0.385. The zero-order valence-corrected chi connectivity index (χ0v) is 12.6. The third-order valence-electron chi connectivity index (χ3n) is 2.98. The number of nitrogens with zero attached hydrogens (tertiary/aromatic N) is 4. The van der Waals surface area contributed by atoms with Crippen molar-refractivity contribution in [1.82, 2.24) is 9.91 Å². The largest absolute Gasteiger partial charge is 0.480 e. The molecule has 0 aromatic rings. The summed E-state index contributed by atoms with van der Waals surface area (Å²) >= 11 is 6.02. The minimum atomic E-state index is -1.07. The van der Waals surface area contributed by atoms with Crippen molar-refractivity contribution in [3.63, 3.8) is 0 Å². The first-order valence-electron chi connectivity index (χ1n) is 6.11. The highest BCUT2D eigenvalue weighted by Gasteiger charge is 2.41. The zero-order chi connectivity index (χ0) is 16.2. The van der Waals surface area contributed by atoms with E-state index in [2.05, 4.69) is 23.3 Å². The first-order valence-corrected chi connectivity index (χ1v) is 6.48. The number of hydrogen-bond donors (Lipinski definition) is 1. The maximum absolute atomic E-state index is 11.7. The lowest BCUT2D eigenvalue weighted by molar-refractivity contribution is -0.139. The van der Waals surface area contributed by atoms with E-state index in [9.17, 15) is 9.59 Å². The lowest BCUT2D eigenvalue weighted by Gasteiger charge is -2.33. The van der Waals surface area contributed by atoms with Crippen molar-refractivity contribution in [3.05, 3.63) is 25.4 Å². The Kier molecular flexibility index (Phi) is 5.66. The van der Waals surface area contributed by atoms with Crippen LogP contribution in [0.15, 0.2) is 35.5 Å². The average Bonchev–Trinajstić information content (AvgIpc) is 2.75. The average molecular weight is 313 g/mol. The Bertz CT molecular complexity index is 530. The molecule has 0 aliphatic carbocycles. The van der Waals surface area contributed by atoms with Gasteiger partial charge in [0, 0.05) is 20.2 Å². The van der Waals surface area contributed by atoms with E-state index < -0.39 is 18.1 Å². The molecule has 0 amide bonds. The summed E-state index contributed by atoms with van der Waals surface area (Å²) in [5.41, 5.74) is 0.242. The number of carbonyl (C=O) groups excluding carboxylic acids is 1. The number of carbonyl (C=O) groups is 2. The molecule has 114 valence electrons. The highest BCUT2D eigenvalue weighted by atomic mass is 35.5. The molecule has 0 spiro atoms. The van der Waals surface area contributed by atoms with Crippen LogP contribution in [-0.2, 0) is 9.59 Å². The third-order valence-corrected chi connectivity index (χ3v) is 3.34. The summed E-state index contributed by atoms with van der Waals surface area (Å²) in [6.45, 7) is 8.14. The minimum absolute atomic E-state index is 0.109. The number of aliphatic carboxylic acids is 1. The predicted octanol–water partition coefficient (Wildman–Crippen LogP) is 1.13. The van der Waals surface area contributed by atoms with Gasteiger partial charge in [-0.3, -0.25) is 14.6 Å². The van der Waals surface area contributed by atoms with E-state index in [0.29, 0.717) is 0 Å². The molecule has 1 aliphatic rings. The molecule has 21 heavy (non-hydrogen) atoms. The molecule has 1 heterocycles. The number of hydrogen-bond acceptors (Lipinski definition) is 5. The summed E-state index contributed by atoms with van der Waals surface area (Å²) in [6.07, 6.45) is 2.22. The van der Waals surface area contributed by atoms with Crippen molar-refractivity contribution < 1.29 is 14.7 Å². The van der Waals surface area contributed by atoms with Gasteiger partial charge in [0.15, 0.2) is 11.1 Å². The van der Waals surface area contributed by atoms with Crippen LogP contribution >= 0.6 is 11.6 Å². The van der Waals surface area contributed by atoms with Gasteiger partial charge in [0.05, 0.1) is 5.92 Å². The lowest BCUT2D eigenvalue weighted by Crippen LogP contribution is -2.49. The van der Waals surface area contributed by atoms with Crippen molar-refractivity contribution in [2.45, 2.75) is 13.1 Å². The molecule has 2 atom stereocenters. The number of rotatable bonds is 6. The number of ketones is 1. The second-order valence-electron chi connectivity index (χ2n) is 4.40. The normalized spacial score (nSPS) is 21.8. The molecule has 0 saturated carbocycles. The van der Waals surface area contributed by atoms with Gasteiger partial charge in [0.2, 0.25) is 0 Å². The van der Waals surface area contributed by atoms with E-state index in [1.54, 1.807) is 13.1 Å². The first kappa shape index (κ1) is 16.9. The summed E-state index contributed by atoms with van der Waals surface area (Å²) < 4.78 is 0. The highest BCUT2D eigenvalue weighted by Crippen LogP contribution is 2.26. The van der Waals surface area contributed by atoms with E-state index >= 15 is 0 Å². The Morgan fingerprint density at radius 3 is 2.62 bits per heavy atom. The van der Waals surface area contributed by atoms with Gasteiger partial charge >= 0.3 is 5.97 Å². The number of amidine groups is 1. The lowest BCUT2D eigenvalue weighted by atomic mass is 9.98. The molecular formula is C13H17ClN4O3. The molecule has 0 aromatic heterocycles. The SMILES string of the molecule is C=C/N=C(/Cl)N(C)C1C(C=C)C(C(C)=O)=NN1CC(=O)O. The summed E-state index contributed by atoms with van der Waals surface area (Å²) in [5.74, 6) is -1.79. The molecule has 1 aliphatic heterocycles. The van der Waals surface area contributed by atoms with Gasteiger partial charge in [-0.25, -0.2) is 4.99 Å². The summed E-state index contributed by atoms with van der Waals surface area (Å²) in [4.78, 5) is 28.0. The molecular weight excluding hydrogens is 296 g/mol. The molecule has 0 bridgehead atoms. The van der Waals surface area contributed by atoms with Gasteiger partial charge in [-0.05, 0) is 11.6 Å². The third kappa shape index (κ3) is 3.69. The van der Waals surface area contributed by atoms with Gasteiger partial charge in [-0.15, -0.1) is 6.58 Å². The number of hydrazone groups is 1. The molecule has 0 radical (unpaired) electrons. The van der Waals surface area contributed by atoms with E-state index in [-0.39, 0.29) is 23.3 Å². The highest BCUT2D eigenvalue weighted by molar-refractivity contribution is 6.64.